The zero-order valence-corrected chi connectivity index (χ0v) is 12.2. The molecule has 0 spiro atoms. The van der Waals surface area contributed by atoms with Crippen LogP contribution in [0.15, 0.2) is 60.8 Å². The lowest BCUT2D eigenvalue weighted by Gasteiger charge is -2.25. The largest absolute Gasteiger partial charge is 0.360 e. The molecular weight excluding hydrogens is 260 g/mol. The molecule has 3 heteroatoms. The standard InChI is InChI=1S/C18H18N2O/c1-13(14-8-4-3-5-9-14)20(2)18(21)16-12-19-17-11-7-6-10-15(16)17/h3-13,19H,1-2H3. The number of hydrogen-bond acceptors (Lipinski definition) is 1. The summed E-state index contributed by atoms with van der Waals surface area (Å²) in [6.07, 6.45) is 1.79. The fourth-order valence-electron chi connectivity index (χ4n) is 2.57. The smallest absolute Gasteiger partial charge is 0.256 e. The second-order valence-electron chi connectivity index (χ2n) is 5.25. The summed E-state index contributed by atoms with van der Waals surface area (Å²) in [4.78, 5) is 17.7. The Kier molecular flexibility index (Phi) is 3.48. The Labute approximate surface area is 124 Å². The molecule has 0 bridgehead atoms. The van der Waals surface area contributed by atoms with Crippen molar-refractivity contribution in [3.63, 3.8) is 0 Å². The maximum Gasteiger partial charge on any atom is 0.256 e. The number of fused-ring (bicyclic) bond motifs is 1. The first-order valence-corrected chi connectivity index (χ1v) is 7.06. The molecule has 106 valence electrons. The third-order valence-corrected chi connectivity index (χ3v) is 4.00. The lowest BCUT2D eigenvalue weighted by atomic mass is 10.1. The third kappa shape index (κ3) is 2.42. The predicted octanol–water partition coefficient (Wildman–Crippen LogP) is 4.00. The lowest BCUT2D eigenvalue weighted by Crippen LogP contribution is -2.29. The van der Waals surface area contributed by atoms with E-state index < -0.39 is 0 Å². The molecule has 1 N–H and O–H groups in total. The minimum atomic E-state index is 0.0313. The summed E-state index contributed by atoms with van der Waals surface area (Å²) in [5.41, 5.74) is 2.84. The van der Waals surface area contributed by atoms with Crippen molar-refractivity contribution >= 4 is 16.8 Å². The van der Waals surface area contributed by atoms with E-state index in [4.69, 9.17) is 0 Å². The summed E-state index contributed by atoms with van der Waals surface area (Å²) in [5.74, 6) is 0.0313. The van der Waals surface area contributed by atoms with E-state index in [2.05, 4.69) is 4.98 Å². The molecule has 0 aliphatic carbocycles. The van der Waals surface area contributed by atoms with Gasteiger partial charge in [0.15, 0.2) is 0 Å². The fourth-order valence-corrected chi connectivity index (χ4v) is 2.57. The fraction of sp³-hybridized carbons (Fsp3) is 0.167. The van der Waals surface area contributed by atoms with Gasteiger partial charge in [0.2, 0.25) is 0 Å². The van der Waals surface area contributed by atoms with Gasteiger partial charge in [-0.1, -0.05) is 48.5 Å². The summed E-state index contributed by atoms with van der Waals surface area (Å²) < 4.78 is 0. The molecule has 1 amide bonds. The Balaban J connectivity index is 1.91. The highest BCUT2D eigenvalue weighted by atomic mass is 16.2. The second-order valence-corrected chi connectivity index (χ2v) is 5.25. The quantitative estimate of drug-likeness (QED) is 0.772. The first-order chi connectivity index (χ1) is 10.2. The number of carbonyl (C=O) groups is 1. The predicted molar refractivity (Wildman–Crippen MR) is 85.2 cm³/mol. The summed E-state index contributed by atoms with van der Waals surface area (Å²) in [6.45, 7) is 2.04. The highest BCUT2D eigenvalue weighted by molar-refractivity contribution is 6.06. The number of aromatic nitrogens is 1. The molecule has 1 heterocycles. The van der Waals surface area contributed by atoms with E-state index >= 15 is 0 Å². The van der Waals surface area contributed by atoms with Gasteiger partial charge in [0.1, 0.15) is 0 Å². The number of aromatic amines is 1. The van der Waals surface area contributed by atoms with Crippen molar-refractivity contribution in [2.75, 3.05) is 7.05 Å². The van der Waals surface area contributed by atoms with Crippen LogP contribution in [0, 0.1) is 0 Å². The Morgan fingerprint density at radius 3 is 2.48 bits per heavy atom. The molecule has 1 unspecified atom stereocenters. The maximum atomic E-state index is 12.7. The molecule has 0 saturated carbocycles. The summed E-state index contributed by atoms with van der Waals surface area (Å²) in [7, 11) is 1.85. The molecule has 0 radical (unpaired) electrons. The Morgan fingerprint density at radius 2 is 1.71 bits per heavy atom. The van der Waals surface area contributed by atoms with E-state index in [1.165, 1.54) is 0 Å². The van der Waals surface area contributed by atoms with Crippen LogP contribution >= 0.6 is 0 Å². The monoisotopic (exact) mass is 278 g/mol. The molecule has 3 nitrogen and oxygen atoms in total. The number of amides is 1. The normalized spacial score (nSPS) is 12.3. The van der Waals surface area contributed by atoms with Gasteiger partial charge in [0, 0.05) is 24.1 Å². The number of nitrogens with one attached hydrogen (secondary N) is 1. The van der Waals surface area contributed by atoms with Gasteiger partial charge < -0.3 is 9.88 Å². The number of carbonyl (C=O) groups excluding carboxylic acids is 1. The molecular formula is C18H18N2O. The highest BCUT2D eigenvalue weighted by Crippen LogP contribution is 2.24. The first kappa shape index (κ1) is 13.4. The van der Waals surface area contributed by atoms with Crippen molar-refractivity contribution in [2.45, 2.75) is 13.0 Å². The molecule has 0 saturated heterocycles. The highest BCUT2D eigenvalue weighted by Gasteiger charge is 2.21. The van der Waals surface area contributed by atoms with E-state index in [1.54, 1.807) is 11.1 Å². The number of H-pyrrole nitrogens is 1. The summed E-state index contributed by atoms with van der Waals surface area (Å²) >= 11 is 0. The zero-order chi connectivity index (χ0) is 14.8. The van der Waals surface area contributed by atoms with Gasteiger partial charge in [-0.15, -0.1) is 0 Å². The zero-order valence-electron chi connectivity index (χ0n) is 12.2. The maximum absolute atomic E-state index is 12.7. The van der Waals surface area contributed by atoms with E-state index in [0.717, 1.165) is 22.0 Å². The van der Waals surface area contributed by atoms with Crippen LogP contribution in [0.3, 0.4) is 0 Å². The first-order valence-electron chi connectivity index (χ1n) is 7.06. The average Bonchev–Trinajstić information content (AvgIpc) is 2.97. The van der Waals surface area contributed by atoms with Crippen molar-refractivity contribution in [1.82, 2.24) is 9.88 Å². The van der Waals surface area contributed by atoms with Gasteiger partial charge >= 0.3 is 0 Å². The van der Waals surface area contributed by atoms with Crippen LogP contribution < -0.4 is 0 Å². The Hall–Kier alpha value is -2.55. The number of hydrogen-bond donors (Lipinski definition) is 1. The molecule has 2 aromatic carbocycles. The molecule has 1 atom stereocenters. The van der Waals surface area contributed by atoms with E-state index in [-0.39, 0.29) is 11.9 Å². The average molecular weight is 278 g/mol. The van der Waals surface area contributed by atoms with Crippen LogP contribution in [0.5, 0.6) is 0 Å². The van der Waals surface area contributed by atoms with Gasteiger partial charge in [-0.25, -0.2) is 0 Å². The van der Waals surface area contributed by atoms with Gasteiger partial charge in [-0.2, -0.15) is 0 Å². The lowest BCUT2D eigenvalue weighted by molar-refractivity contribution is 0.0744. The van der Waals surface area contributed by atoms with Crippen LogP contribution in [-0.4, -0.2) is 22.8 Å². The Morgan fingerprint density at radius 1 is 1.05 bits per heavy atom. The van der Waals surface area contributed by atoms with Crippen LogP contribution in [0.1, 0.15) is 28.9 Å². The van der Waals surface area contributed by atoms with Crippen molar-refractivity contribution < 1.29 is 4.79 Å². The topological polar surface area (TPSA) is 36.1 Å². The molecule has 21 heavy (non-hydrogen) atoms. The van der Waals surface area contributed by atoms with Gasteiger partial charge in [0.25, 0.3) is 5.91 Å². The molecule has 3 aromatic rings. The third-order valence-electron chi connectivity index (χ3n) is 4.00. The van der Waals surface area contributed by atoms with Crippen LogP contribution in [-0.2, 0) is 0 Å². The minimum absolute atomic E-state index is 0.0313. The van der Waals surface area contributed by atoms with E-state index in [9.17, 15) is 4.79 Å². The van der Waals surface area contributed by atoms with Gasteiger partial charge in [0.05, 0.1) is 11.6 Å². The SMILES string of the molecule is CC(c1ccccc1)N(C)C(=O)c1c[nH]c2ccccc12. The molecule has 1 aromatic heterocycles. The number of rotatable bonds is 3. The van der Waals surface area contributed by atoms with Gasteiger partial charge in [-0.3, -0.25) is 4.79 Å². The van der Waals surface area contributed by atoms with Crippen molar-refractivity contribution in [3.05, 3.63) is 71.9 Å². The Bertz CT molecular complexity index is 761. The van der Waals surface area contributed by atoms with Crippen LogP contribution in [0.2, 0.25) is 0 Å². The molecule has 0 aliphatic heterocycles. The summed E-state index contributed by atoms with van der Waals surface area (Å²) in [6, 6.07) is 18.0. The molecule has 3 rings (SSSR count). The number of para-hydroxylation sites is 1. The van der Waals surface area contributed by atoms with Crippen LogP contribution in [0.4, 0.5) is 0 Å². The van der Waals surface area contributed by atoms with Gasteiger partial charge in [-0.05, 0) is 18.6 Å². The summed E-state index contributed by atoms with van der Waals surface area (Å²) in [5, 5.41) is 0.967. The van der Waals surface area contributed by atoms with Crippen molar-refractivity contribution in [2.24, 2.45) is 0 Å². The second kappa shape index (κ2) is 5.44. The van der Waals surface area contributed by atoms with E-state index in [0.29, 0.717) is 0 Å². The van der Waals surface area contributed by atoms with Crippen molar-refractivity contribution in [1.29, 1.82) is 0 Å². The number of benzene rings is 2. The minimum Gasteiger partial charge on any atom is -0.360 e. The number of nitrogens with zero attached hydrogens (tertiary/aromatic N) is 1. The van der Waals surface area contributed by atoms with E-state index in [1.807, 2.05) is 68.6 Å². The van der Waals surface area contributed by atoms with Crippen LogP contribution in [0.25, 0.3) is 10.9 Å². The van der Waals surface area contributed by atoms with Crippen molar-refractivity contribution in [3.8, 4) is 0 Å². The molecule has 0 aliphatic rings. The molecule has 0 fully saturated rings.